The van der Waals surface area contributed by atoms with Crippen molar-refractivity contribution in [2.24, 2.45) is 5.41 Å². The van der Waals surface area contributed by atoms with E-state index < -0.39 is 41.2 Å². The van der Waals surface area contributed by atoms with Gasteiger partial charge in [0.1, 0.15) is 17.9 Å². The van der Waals surface area contributed by atoms with Crippen LogP contribution in [-0.2, 0) is 35.2 Å². The number of aryl methyl sites for hydroxylation is 1. The van der Waals surface area contributed by atoms with Crippen LogP contribution in [0.3, 0.4) is 0 Å². The van der Waals surface area contributed by atoms with Gasteiger partial charge >= 0.3 is 0 Å². The number of piperazine rings is 1. The zero-order chi connectivity index (χ0) is 54.2. The number of carbonyl (C=O) groups is 5. The summed E-state index contributed by atoms with van der Waals surface area (Å²) < 4.78 is 28.8. The molecule has 2 aromatic carbocycles. The number of likely N-dealkylation sites (tertiary alicyclic amines) is 1. The average molecular weight is 1080 g/mol. The minimum absolute atomic E-state index is 0.0180. The SMILES string of the molecule is Cc1ncsc1-c1ccc(CNC(=O)[C@@H]2C[C@@H](O)CN2C(=O)[C@@H](NC(=O)CCOCCOCCNC(=O)CN2CCN(C(=O)c3ccc(Nc4nc(C5CC5)cn5c(-c6cn[nH]c6)cnc45)c(F)c3)CC2)C(C)(C)C)cc1. The molecule has 77 heavy (non-hydrogen) atoms. The number of carbonyl (C=O) groups excluding carboxylic acids is 5. The number of aromatic nitrogens is 6. The number of imidazole rings is 1. The quantitative estimate of drug-likeness (QED) is 0.0516. The molecule has 3 fully saturated rings. The molecule has 5 amide bonds. The lowest BCUT2D eigenvalue weighted by Crippen LogP contribution is -2.57. The van der Waals surface area contributed by atoms with Crippen LogP contribution in [0, 0.1) is 18.2 Å². The third kappa shape index (κ3) is 13.7. The Morgan fingerprint density at radius 1 is 0.922 bits per heavy atom. The second kappa shape index (κ2) is 24.4. The van der Waals surface area contributed by atoms with Crippen LogP contribution in [0.2, 0.25) is 0 Å². The van der Waals surface area contributed by atoms with E-state index in [1.807, 2.05) is 67.5 Å². The molecule has 0 radical (unpaired) electrons. The van der Waals surface area contributed by atoms with Gasteiger partial charge in [0, 0.05) is 88.1 Å². The summed E-state index contributed by atoms with van der Waals surface area (Å²) in [6.07, 6.45) is 8.45. The van der Waals surface area contributed by atoms with Gasteiger partial charge in [-0.25, -0.2) is 19.3 Å². The number of nitrogens with zero attached hydrogens (tertiary/aromatic N) is 8. The number of ether oxygens (including phenoxy) is 2. The van der Waals surface area contributed by atoms with Crippen LogP contribution in [-0.4, -0.2) is 169 Å². The molecule has 6 aromatic rings. The van der Waals surface area contributed by atoms with Crippen LogP contribution >= 0.6 is 11.3 Å². The second-order valence-electron chi connectivity index (χ2n) is 20.8. The van der Waals surface area contributed by atoms with Gasteiger partial charge in [0.25, 0.3) is 5.91 Å². The number of anilines is 2. The van der Waals surface area contributed by atoms with E-state index in [0.717, 1.165) is 51.5 Å². The fraction of sp³-hybridized carbons (Fsp3) is 0.463. The van der Waals surface area contributed by atoms with E-state index in [9.17, 15) is 29.1 Å². The van der Waals surface area contributed by atoms with E-state index in [1.54, 1.807) is 46.4 Å². The molecule has 0 unspecified atom stereocenters. The Labute approximate surface area is 449 Å². The predicted molar refractivity (Wildman–Crippen MR) is 285 cm³/mol. The number of aliphatic hydroxyl groups is 1. The standard InChI is InChI=1S/C54H66FN13O8S/c1-33-47(77-32-59-33)36-7-5-34(6-8-36)25-58-51(72)43-24-39(69)29-68(43)53(74)48(54(2,3)4)64-45(70)13-19-75-21-22-76-20-14-56-46(71)31-65-15-17-66(18-16-65)52(73)37-11-12-41(40(55)23-37)62-49-50-57-28-44(38-26-60-61-27-38)67(50)30-42(63-49)35-9-10-35/h5-8,11-12,23,26-28,30,32,35,39,43,48,69H,9-10,13-22,24-25,29,31H2,1-4H3,(H,56,71)(H,58,72)(H,60,61)(H,62,63)(H,64,70)/t39-,43+,48-/m1/s1. The summed E-state index contributed by atoms with van der Waals surface area (Å²) in [5, 5.41) is 29.2. The van der Waals surface area contributed by atoms with Gasteiger partial charge < -0.3 is 45.6 Å². The first kappa shape index (κ1) is 54.6. The number of amides is 5. The summed E-state index contributed by atoms with van der Waals surface area (Å²) in [4.78, 5) is 86.5. The number of H-pyrrole nitrogens is 1. The molecular formula is C54H66FN13O8S. The van der Waals surface area contributed by atoms with Gasteiger partial charge in [0.15, 0.2) is 11.5 Å². The lowest BCUT2D eigenvalue weighted by atomic mass is 9.85. The maximum Gasteiger partial charge on any atom is 0.254 e. The number of β-amino-alcohol motifs (C(OH)–C–C–N with tert-alkyl or cyclic N) is 1. The highest BCUT2D eigenvalue weighted by atomic mass is 32.1. The number of aromatic amines is 1. The summed E-state index contributed by atoms with van der Waals surface area (Å²) in [7, 11) is 0. The number of hydrogen-bond donors (Lipinski definition) is 6. The van der Waals surface area contributed by atoms with Crippen molar-refractivity contribution in [1.29, 1.82) is 0 Å². The Morgan fingerprint density at radius 3 is 2.38 bits per heavy atom. The largest absolute Gasteiger partial charge is 0.391 e. The Kier molecular flexibility index (Phi) is 17.3. The van der Waals surface area contributed by atoms with E-state index in [2.05, 4.69) is 41.4 Å². The summed E-state index contributed by atoms with van der Waals surface area (Å²) >= 11 is 1.56. The van der Waals surface area contributed by atoms with Crippen LogP contribution in [0.15, 0.2) is 72.8 Å². The topological polar surface area (TPSA) is 254 Å². The van der Waals surface area contributed by atoms with Gasteiger partial charge in [-0.3, -0.25) is 38.4 Å². The number of fused-ring (bicyclic) bond motifs is 1. The van der Waals surface area contributed by atoms with Crippen molar-refractivity contribution in [2.45, 2.75) is 84.0 Å². The molecule has 4 aromatic heterocycles. The maximum absolute atomic E-state index is 15.6. The first-order valence-corrected chi connectivity index (χ1v) is 26.9. The molecule has 2 saturated heterocycles. The zero-order valence-electron chi connectivity index (χ0n) is 43.7. The number of halogens is 1. The van der Waals surface area contributed by atoms with Gasteiger partial charge in [-0.05, 0) is 54.5 Å². The number of hydrogen-bond acceptors (Lipinski definition) is 15. The summed E-state index contributed by atoms with van der Waals surface area (Å²) in [5.74, 6) is -1.56. The van der Waals surface area contributed by atoms with E-state index in [-0.39, 0.29) is 94.4 Å². The molecule has 1 saturated carbocycles. The first-order chi connectivity index (χ1) is 37.1. The molecule has 0 bridgehead atoms. The van der Waals surface area contributed by atoms with E-state index >= 15 is 4.39 Å². The second-order valence-corrected chi connectivity index (χ2v) is 21.6. The van der Waals surface area contributed by atoms with Gasteiger partial charge in [0.2, 0.25) is 23.6 Å². The molecule has 6 heterocycles. The molecule has 408 valence electrons. The predicted octanol–water partition coefficient (Wildman–Crippen LogP) is 4.42. The monoisotopic (exact) mass is 1080 g/mol. The number of thiazole rings is 1. The van der Waals surface area contributed by atoms with E-state index in [1.165, 1.54) is 17.0 Å². The van der Waals surface area contributed by atoms with Gasteiger partial charge in [-0.1, -0.05) is 45.0 Å². The minimum atomic E-state index is -0.963. The lowest BCUT2D eigenvalue weighted by molar-refractivity contribution is -0.144. The van der Waals surface area contributed by atoms with Gasteiger partial charge in [0.05, 0.1) is 84.6 Å². The van der Waals surface area contributed by atoms with Crippen molar-refractivity contribution in [3.8, 4) is 21.7 Å². The Morgan fingerprint density at radius 2 is 1.69 bits per heavy atom. The van der Waals surface area contributed by atoms with E-state index in [0.29, 0.717) is 43.6 Å². The molecule has 6 N–H and O–H groups in total. The van der Waals surface area contributed by atoms with Crippen LogP contribution in [0.4, 0.5) is 15.9 Å². The molecule has 21 nitrogen and oxygen atoms in total. The van der Waals surface area contributed by atoms with Gasteiger partial charge in [-0.2, -0.15) is 5.10 Å². The van der Waals surface area contributed by atoms with Crippen LogP contribution in [0.5, 0.6) is 0 Å². The smallest absolute Gasteiger partial charge is 0.254 e. The molecule has 2 aliphatic heterocycles. The Hall–Kier alpha value is -7.18. The van der Waals surface area contributed by atoms with Crippen LogP contribution < -0.4 is 21.3 Å². The minimum Gasteiger partial charge on any atom is -0.391 e. The van der Waals surface area contributed by atoms with Crippen molar-refractivity contribution < 1.29 is 42.9 Å². The summed E-state index contributed by atoms with van der Waals surface area (Å²) in [5.41, 5.74) is 7.48. The van der Waals surface area contributed by atoms with E-state index in [4.69, 9.17) is 14.5 Å². The maximum atomic E-state index is 15.6. The lowest BCUT2D eigenvalue weighted by Gasteiger charge is -2.35. The fourth-order valence-electron chi connectivity index (χ4n) is 9.46. The normalized spacial score (nSPS) is 17.4. The third-order valence-electron chi connectivity index (χ3n) is 13.9. The summed E-state index contributed by atoms with van der Waals surface area (Å²) in [6.45, 7) is 10.5. The van der Waals surface area contributed by atoms with Crippen molar-refractivity contribution >= 4 is 58.0 Å². The van der Waals surface area contributed by atoms with Gasteiger partial charge in [-0.15, -0.1) is 11.3 Å². The molecule has 3 aliphatic rings. The highest BCUT2D eigenvalue weighted by Crippen LogP contribution is 2.41. The molecule has 9 rings (SSSR count). The van der Waals surface area contributed by atoms with Crippen LogP contribution in [0.1, 0.15) is 79.7 Å². The number of rotatable bonds is 22. The molecule has 3 atom stereocenters. The van der Waals surface area contributed by atoms with Crippen molar-refractivity contribution in [1.82, 2.24) is 60.2 Å². The summed E-state index contributed by atoms with van der Waals surface area (Å²) in [6, 6.07) is 10.3. The Balaban J connectivity index is 0.637. The number of aliphatic hydroxyl groups excluding tert-OH is 1. The molecule has 23 heteroatoms. The van der Waals surface area contributed by atoms with Crippen molar-refractivity contribution in [3.05, 3.63) is 101 Å². The number of nitrogens with one attached hydrogen (secondary N) is 5. The van der Waals surface area contributed by atoms with Crippen LogP contribution in [0.25, 0.3) is 27.3 Å². The molecule has 0 spiro atoms. The molecular weight excluding hydrogens is 1010 g/mol. The fourth-order valence-corrected chi connectivity index (χ4v) is 10.3. The molecule has 1 aliphatic carbocycles. The van der Waals surface area contributed by atoms with Crippen molar-refractivity contribution in [2.75, 3.05) is 77.6 Å². The Bertz CT molecular complexity index is 3040. The highest BCUT2D eigenvalue weighted by molar-refractivity contribution is 7.13. The van der Waals surface area contributed by atoms with Crippen molar-refractivity contribution in [3.63, 3.8) is 0 Å². The number of benzene rings is 2. The average Bonchev–Trinajstić information content (AvgIpc) is 3.77. The third-order valence-corrected chi connectivity index (χ3v) is 14.9. The zero-order valence-corrected chi connectivity index (χ0v) is 44.5. The highest BCUT2D eigenvalue weighted by Gasteiger charge is 2.44. The first-order valence-electron chi connectivity index (χ1n) is 26.0.